The van der Waals surface area contributed by atoms with Gasteiger partial charge in [-0.3, -0.25) is 0 Å². The van der Waals surface area contributed by atoms with Crippen LogP contribution in [0.15, 0.2) is 23.1 Å². The molecule has 4 heteroatoms. The molecule has 0 spiro atoms. The lowest BCUT2D eigenvalue weighted by Gasteiger charge is -2.29. The molecule has 0 bridgehead atoms. The van der Waals surface area contributed by atoms with E-state index in [1.165, 1.54) is 31.9 Å². The third-order valence-electron chi connectivity index (χ3n) is 3.95. The molecule has 1 aromatic carbocycles. The number of hydrogen-bond acceptors (Lipinski definition) is 3. The minimum Gasteiger partial charge on any atom is -0.382 e. The normalized spacial score (nSPS) is 17.8. The Morgan fingerprint density at radius 3 is 2.58 bits per heavy atom. The van der Waals surface area contributed by atoms with Gasteiger partial charge in [0, 0.05) is 18.0 Å². The van der Waals surface area contributed by atoms with Crippen LogP contribution in [0, 0.1) is 12.8 Å². The Bertz CT molecular complexity index is 547. The van der Waals surface area contributed by atoms with Crippen LogP contribution >= 0.6 is 0 Å². The first kappa shape index (κ1) is 14.4. The average Bonchev–Trinajstić information content (AvgIpc) is 2.25. The molecule has 0 aromatic heterocycles. The van der Waals surface area contributed by atoms with E-state index in [1.54, 1.807) is 12.1 Å². The molecule has 1 aromatic rings. The quantitative estimate of drug-likeness (QED) is 0.900. The van der Waals surface area contributed by atoms with Gasteiger partial charge in [-0.1, -0.05) is 25.3 Å². The van der Waals surface area contributed by atoms with Crippen LogP contribution in [-0.4, -0.2) is 20.7 Å². The molecule has 19 heavy (non-hydrogen) atoms. The largest absolute Gasteiger partial charge is 0.382 e. The summed E-state index contributed by atoms with van der Waals surface area (Å²) in [6.45, 7) is 4.18. The number of rotatable bonds is 5. The summed E-state index contributed by atoms with van der Waals surface area (Å²) >= 11 is 0. The van der Waals surface area contributed by atoms with E-state index in [0.29, 0.717) is 10.9 Å². The van der Waals surface area contributed by atoms with Crippen LogP contribution in [-0.2, 0) is 9.84 Å². The molecule has 1 N–H and O–H groups in total. The smallest absolute Gasteiger partial charge is 0.175 e. The summed E-state index contributed by atoms with van der Waals surface area (Å²) < 4.78 is 23.2. The standard InChI is InChI=1S/C15H23NO2S/c1-11-7-8-14(19(3,17)18)10-15(11)16-12(2)9-13-5-4-6-13/h7-8,10,12-13,16H,4-6,9H2,1-3H3. The molecule has 1 unspecified atom stereocenters. The summed E-state index contributed by atoms with van der Waals surface area (Å²) in [6.07, 6.45) is 6.46. The molecule has 0 aliphatic heterocycles. The minimum atomic E-state index is -3.13. The second kappa shape index (κ2) is 5.53. The van der Waals surface area contributed by atoms with Crippen LogP contribution < -0.4 is 5.32 Å². The molecule has 1 aliphatic carbocycles. The van der Waals surface area contributed by atoms with Crippen molar-refractivity contribution in [1.29, 1.82) is 0 Å². The van der Waals surface area contributed by atoms with Gasteiger partial charge < -0.3 is 5.32 Å². The zero-order valence-corrected chi connectivity index (χ0v) is 12.8. The van der Waals surface area contributed by atoms with E-state index in [9.17, 15) is 8.42 Å². The molecule has 106 valence electrons. The summed E-state index contributed by atoms with van der Waals surface area (Å²) in [5, 5.41) is 3.46. The summed E-state index contributed by atoms with van der Waals surface area (Å²) in [7, 11) is -3.13. The molecule has 0 heterocycles. The highest BCUT2D eigenvalue weighted by molar-refractivity contribution is 7.90. The molecule has 0 saturated heterocycles. The van der Waals surface area contributed by atoms with Crippen molar-refractivity contribution in [1.82, 2.24) is 0 Å². The van der Waals surface area contributed by atoms with E-state index in [-0.39, 0.29) is 0 Å². The Balaban J connectivity index is 2.09. The maximum atomic E-state index is 11.6. The van der Waals surface area contributed by atoms with Crippen molar-refractivity contribution in [2.24, 2.45) is 5.92 Å². The number of anilines is 1. The van der Waals surface area contributed by atoms with Gasteiger partial charge in [0.05, 0.1) is 4.90 Å². The van der Waals surface area contributed by atoms with Gasteiger partial charge in [-0.2, -0.15) is 0 Å². The summed E-state index contributed by atoms with van der Waals surface area (Å²) in [5.41, 5.74) is 2.03. The van der Waals surface area contributed by atoms with Crippen molar-refractivity contribution in [3.05, 3.63) is 23.8 Å². The molecular weight excluding hydrogens is 258 g/mol. The molecule has 0 radical (unpaired) electrons. The predicted molar refractivity (Wildman–Crippen MR) is 79.3 cm³/mol. The highest BCUT2D eigenvalue weighted by Gasteiger charge is 2.20. The van der Waals surface area contributed by atoms with Crippen molar-refractivity contribution in [3.63, 3.8) is 0 Å². The highest BCUT2D eigenvalue weighted by Crippen LogP contribution is 2.31. The molecular formula is C15H23NO2S. The van der Waals surface area contributed by atoms with Crippen LogP contribution in [0.1, 0.15) is 38.2 Å². The number of hydrogen-bond donors (Lipinski definition) is 1. The van der Waals surface area contributed by atoms with E-state index >= 15 is 0 Å². The second-order valence-corrected chi connectivity index (χ2v) is 7.84. The fourth-order valence-corrected chi connectivity index (χ4v) is 3.19. The van der Waals surface area contributed by atoms with Gasteiger partial charge in [-0.25, -0.2) is 8.42 Å². The lowest BCUT2D eigenvalue weighted by atomic mass is 9.81. The molecule has 1 atom stereocenters. The zero-order chi connectivity index (χ0) is 14.0. The Kier molecular flexibility index (Phi) is 4.19. The first-order valence-corrected chi connectivity index (χ1v) is 8.82. The van der Waals surface area contributed by atoms with Gasteiger partial charge in [-0.05, 0) is 43.9 Å². The zero-order valence-electron chi connectivity index (χ0n) is 11.9. The fourth-order valence-electron chi connectivity index (χ4n) is 2.54. The Morgan fingerprint density at radius 1 is 1.37 bits per heavy atom. The lowest BCUT2D eigenvalue weighted by molar-refractivity contribution is 0.286. The van der Waals surface area contributed by atoms with Gasteiger partial charge in [-0.15, -0.1) is 0 Å². The first-order chi connectivity index (χ1) is 8.86. The van der Waals surface area contributed by atoms with Crippen molar-refractivity contribution in [2.75, 3.05) is 11.6 Å². The number of sulfone groups is 1. The second-order valence-electron chi connectivity index (χ2n) is 5.83. The molecule has 1 aliphatic rings. The monoisotopic (exact) mass is 281 g/mol. The molecule has 1 saturated carbocycles. The van der Waals surface area contributed by atoms with Crippen LogP contribution in [0.2, 0.25) is 0 Å². The summed E-state index contributed by atoms with van der Waals surface area (Å²) in [4.78, 5) is 0.386. The summed E-state index contributed by atoms with van der Waals surface area (Å²) in [6, 6.07) is 5.68. The maximum Gasteiger partial charge on any atom is 0.175 e. The van der Waals surface area contributed by atoms with E-state index < -0.39 is 9.84 Å². The molecule has 2 rings (SSSR count). The highest BCUT2D eigenvalue weighted by atomic mass is 32.2. The van der Waals surface area contributed by atoms with E-state index in [4.69, 9.17) is 0 Å². The van der Waals surface area contributed by atoms with Crippen molar-refractivity contribution in [3.8, 4) is 0 Å². The first-order valence-electron chi connectivity index (χ1n) is 6.93. The van der Waals surface area contributed by atoms with Crippen molar-refractivity contribution < 1.29 is 8.42 Å². The fraction of sp³-hybridized carbons (Fsp3) is 0.600. The van der Waals surface area contributed by atoms with Crippen LogP contribution in [0.4, 0.5) is 5.69 Å². The molecule has 3 nitrogen and oxygen atoms in total. The molecule has 0 amide bonds. The van der Waals surface area contributed by atoms with E-state index in [0.717, 1.165) is 17.2 Å². The predicted octanol–water partition coefficient (Wildman–Crippen LogP) is 3.39. The van der Waals surface area contributed by atoms with Crippen LogP contribution in [0.25, 0.3) is 0 Å². The number of benzene rings is 1. The number of nitrogens with one attached hydrogen (secondary N) is 1. The lowest BCUT2D eigenvalue weighted by Crippen LogP contribution is -2.23. The van der Waals surface area contributed by atoms with Crippen molar-refractivity contribution in [2.45, 2.75) is 50.5 Å². The van der Waals surface area contributed by atoms with Gasteiger partial charge >= 0.3 is 0 Å². The van der Waals surface area contributed by atoms with Crippen LogP contribution in [0.5, 0.6) is 0 Å². The average molecular weight is 281 g/mol. The van der Waals surface area contributed by atoms with Gasteiger partial charge in [0.25, 0.3) is 0 Å². The van der Waals surface area contributed by atoms with E-state index in [2.05, 4.69) is 12.2 Å². The number of aryl methyl sites for hydroxylation is 1. The maximum absolute atomic E-state index is 11.6. The Hall–Kier alpha value is -1.03. The Morgan fingerprint density at radius 2 is 2.05 bits per heavy atom. The van der Waals surface area contributed by atoms with E-state index in [1.807, 2.05) is 13.0 Å². The third-order valence-corrected chi connectivity index (χ3v) is 5.06. The van der Waals surface area contributed by atoms with Gasteiger partial charge in [0.1, 0.15) is 0 Å². The minimum absolute atomic E-state index is 0.386. The van der Waals surface area contributed by atoms with Gasteiger partial charge in [0.2, 0.25) is 0 Å². The third kappa shape index (κ3) is 3.72. The van der Waals surface area contributed by atoms with Crippen molar-refractivity contribution >= 4 is 15.5 Å². The Labute approximate surface area is 116 Å². The SMILES string of the molecule is Cc1ccc(S(C)(=O)=O)cc1NC(C)CC1CCC1. The summed E-state index contributed by atoms with van der Waals surface area (Å²) in [5.74, 6) is 0.848. The molecule has 1 fully saturated rings. The van der Waals surface area contributed by atoms with Gasteiger partial charge in [0.15, 0.2) is 9.84 Å². The topological polar surface area (TPSA) is 46.2 Å². The van der Waals surface area contributed by atoms with Crippen LogP contribution in [0.3, 0.4) is 0 Å².